The van der Waals surface area contributed by atoms with Gasteiger partial charge in [-0.25, -0.2) is 0 Å². The van der Waals surface area contributed by atoms with Gasteiger partial charge in [-0.05, 0) is 30.3 Å². The molecule has 0 radical (unpaired) electrons. The molecule has 0 heterocycles. The van der Waals surface area contributed by atoms with Crippen molar-refractivity contribution in [2.75, 3.05) is 0 Å². The van der Waals surface area contributed by atoms with Crippen LogP contribution in [0.25, 0.3) is 0 Å². The molecule has 20 heavy (non-hydrogen) atoms. The van der Waals surface area contributed by atoms with E-state index >= 15 is 0 Å². The van der Waals surface area contributed by atoms with E-state index in [0.717, 1.165) is 12.1 Å². The van der Waals surface area contributed by atoms with Crippen LogP contribution in [0, 0.1) is 11.3 Å². The third kappa shape index (κ3) is 3.01. The molecule has 2 rings (SSSR count). The van der Waals surface area contributed by atoms with Crippen molar-refractivity contribution in [3.05, 3.63) is 53.6 Å². The van der Waals surface area contributed by atoms with E-state index in [1.54, 1.807) is 6.07 Å². The highest BCUT2D eigenvalue weighted by Crippen LogP contribution is 2.33. The third-order valence-corrected chi connectivity index (χ3v) is 2.47. The molecular weight excluding hydrogens is 271 g/mol. The summed E-state index contributed by atoms with van der Waals surface area (Å²) in [5, 5.41) is 18.1. The standard InChI is InChI=1S/C14H8F3NO2/c15-14(16,17)10-2-1-3-12(7-10)20-13-5-4-11(19)6-9(13)8-18/h1-7,19H. The minimum absolute atomic E-state index is 0.0300. The SMILES string of the molecule is N#Cc1cc(O)ccc1Oc1cccc(C(F)(F)F)c1. The third-order valence-electron chi connectivity index (χ3n) is 2.47. The van der Waals surface area contributed by atoms with E-state index in [1.807, 2.05) is 0 Å². The van der Waals surface area contributed by atoms with Crippen molar-refractivity contribution in [3.8, 4) is 23.3 Å². The van der Waals surface area contributed by atoms with Gasteiger partial charge in [-0.2, -0.15) is 18.4 Å². The maximum absolute atomic E-state index is 12.6. The van der Waals surface area contributed by atoms with Crippen LogP contribution in [0.15, 0.2) is 42.5 Å². The van der Waals surface area contributed by atoms with Crippen LogP contribution in [0.3, 0.4) is 0 Å². The lowest BCUT2D eigenvalue weighted by atomic mass is 10.2. The first-order chi connectivity index (χ1) is 9.40. The van der Waals surface area contributed by atoms with E-state index in [0.29, 0.717) is 0 Å². The molecule has 0 aromatic heterocycles. The maximum atomic E-state index is 12.6. The molecule has 0 aliphatic heterocycles. The molecule has 0 unspecified atom stereocenters. The van der Waals surface area contributed by atoms with E-state index in [9.17, 15) is 18.3 Å². The van der Waals surface area contributed by atoms with Crippen LogP contribution < -0.4 is 4.74 Å². The molecule has 0 saturated heterocycles. The zero-order valence-electron chi connectivity index (χ0n) is 9.98. The van der Waals surface area contributed by atoms with Gasteiger partial charge in [-0.1, -0.05) is 6.07 Å². The van der Waals surface area contributed by atoms with E-state index in [1.165, 1.54) is 30.3 Å². The molecule has 0 spiro atoms. The summed E-state index contributed by atoms with van der Waals surface area (Å²) in [7, 11) is 0. The summed E-state index contributed by atoms with van der Waals surface area (Å²) in [5.41, 5.74) is -0.810. The zero-order chi connectivity index (χ0) is 14.8. The molecule has 0 saturated carbocycles. The summed E-state index contributed by atoms with van der Waals surface area (Å²) < 4.78 is 42.9. The van der Waals surface area contributed by atoms with Crippen LogP contribution in [0.5, 0.6) is 17.2 Å². The number of rotatable bonds is 2. The summed E-state index contributed by atoms with van der Waals surface area (Å²) in [5.74, 6) is -0.0930. The van der Waals surface area contributed by atoms with Gasteiger partial charge in [0.25, 0.3) is 0 Å². The van der Waals surface area contributed by atoms with Crippen molar-refractivity contribution in [2.45, 2.75) is 6.18 Å². The Kier molecular flexibility index (Phi) is 3.53. The second-order valence-electron chi connectivity index (χ2n) is 3.92. The van der Waals surface area contributed by atoms with Gasteiger partial charge >= 0.3 is 6.18 Å². The predicted octanol–water partition coefficient (Wildman–Crippen LogP) is 4.07. The van der Waals surface area contributed by atoms with Gasteiger partial charge in [0, 0.05) is 6.07 Å². The van der Waals surface area contributed by atoms with Gasteiger partial charge in [0.05, 0.1) is 11.1 Å². The molecule has 1 N–H and O–H groups in total. The minimum atomic E-state index is -4.47. The van der Waals surface area contributed by atoms with Crippen molar-refractivity contribution in [2.24, 2.45) is 0 Å². The maximum Gasteiger partial charge on any atom is 0.416 e. The Morgan fingerprint density at radius 1 is 1.10 bits per heavy atom. The molecule has 0 bridgehead atoms. The highest BCUT2D eigenvalue weighted by atomic mass is 19.4. The number of nitriles is 1. The van der Waals surface area contributed by atoms with E-state index in [-0.39, 0.29) is 22.8 Å². The van der Waals surface area contributed by atoms with Crippen LogP contribution in [-0.4, -0.2) is 5.11 Å². The number of benzene rings is 2. The fourth-order valence-corrected chi connectivity index (χ4v) is 1.56. The number of aromatic hydroxyl groups is 1. The van der Waals surface area contributed by atoms with Gasteiger partial charge in [-0.3, -0.25) is 0 Å². The Morgan fingerprint density at radius 3 is 2.50 bits per heavy atom. The van der Waals surface area contributed by atoms with Gasteiger partial charge < -0.3 is 9.84 Å². The van der Waals surface area contributed by atoms with Gasteiger partial charge in [0.15, 0.2) is 0 Å². The number of phenolic OH excluding ortho intramolecular Hbond substituents is 1. The van der Waals surface area contributed by atoms with Gasteiger partial charge in [0.2, 0.25) is 0 Å². The highest BCUT2D eigenvalue weighted by molar-refractivity contribution is 5.49. The second-order valence-corrected chi connectivity index (χ2v) is 3.92. The molecular formula is C14H8F3NO2. The summed E-state index contributed by atoms with van der Waals surface area (Å²) in [6, 6.07) is 9.89. The zero-order valence-corrected chi connectivity index (χ0v) is 9.98. The Labute approximate surface area is 112 Å². The Bertz CT molecular complexity index is 675. The summed E-state index contributed by atoms with van der Waals surface area (Å²) in [6.07, 6.45) is -4.47. The molecule has 2 aromatic carbocycles. The molecule has 0 aliphatic carbocycles. The highest BCUT2D eigenvalue weighted by Gasteiger charge is 2.30. The Balaban J connectivity index is 2.34. The van der Waals surface area contributed by atoms with E-state index in [2.05, 4.69) is 0 Å². The summed E-state index contributed by atoms with van der Waals surface area (Å²) >= 11 is 0. The number of alkyl halides is 3. The number of ether oxygens (including phenoxy) is 1. The molecule has 0 fully saturated rings. The Hall–Kier alpha value is -2.68. The van der Waals surface area contributed by atoms with Gasteiger partial charge in [0.1, 0.15) is 23.3 Å². The summed E-state index contributed by atoms with van der Waals surface area (Å²) in [6.45, 7) is 0. The van der Waals surface area contributed by atoms with Crippen LogP contribution in [0.2, 0.25) is 0 Å². The second kappa shape index (κ2) is 5.13. The largest absolute Gasteiger partial charge is 0.508 e. The molecule has 2 aromatic rings. The lowest BCUT2D eigenvalue weighted by Crippen LogP contribution is -2.04. The first-order valence-electron chi connectivity index (χ1n) is 5.48. The number of halogens is 3. The van der Waals surface area contributed by atoms with E-state index < -0.39 is 11.7 Å². The van der Waals surface area contributed by atoms with Crippen molar-refractivity contribution < 1.29 is 23.0 Å². The number of nitrogens with zero attached hydrogens (tertiary/aromatic N) is 1. The first-order valence-corrected chi connectivity index (χ1v) is 5.48. The molecule has 3 nitrogen and oxygen atoms in total. The summed E-state index contributed by atoms with van der Waals surface area (Å²) in [4.78, 5) is 0. The average Bonchev–Trinajstić information content (AvgIpc) is 2.40. The Morgan fingerprint density at radius 2 is 1.85 bits per heavy atom. The molecule has 0 aliphatic rings. The number of hydrogen-bond acceptors (Lipinski definition) is 3. The van der Waals surface area contributed by atoms with Crippen molar-refractivity contribution >= 4 is 0 Å². The van der Waals surface area contributed by atoms with Crippen molar-refractivity contribution in [1.82, 2.24) is 0 Å². The van der Waals surface area contributed by atoms with Crippen LogP contribution in [0.4, 0.5) is 13.2 Å². The normalized spacial score (nSPS) is 10.9. The molecule has 102 valence electrons. The van der Waals surface area contributed by atoms with Crippen LogP contribution in [-0.2, 0) is 6.18 Å². The van der Waals surface area contributed by atoms with Crippen LogP contribution in [0.1, 0.15) is 11.1 Å². The minimum Gasteiger partial charge on any atom is -0.508 e. The first kappa shape index (κ1) is 13.7. The average molecular weight is 279 g/mol. The molecule has 6 heteroatoms. The van der Waals surface area contributed by atoms with E-state index in [4.69, 9.17) is 10.00 Å². The smallest absolute Gasteiger partial charge is 0.416 e. The lowest BCUT2D eigenvalue weighted by molar-refractivity contribution is -0.137. The van der Waals surface area contributed by atoms with Crippen molar-refractivity contribution in [1.29, 1.82) is 5.26 Å². The fourth-order valence-electron chi connectivity index (χ4n) is 1.56. The predicted molar refractivity (Wildman–Crippen MR) is 64.3 cm³/mol. The van der Waals surface area contributed by atoms with Crippen LogP contribution >= 0.6 is 0 Å². The van der Waals surface area contributed by atoms with Crippen molar-refractivity contribution in [3.63, 3.8) is 0 Å². The fraction of sp³-hybridized carbons (Fsp3) is 0.0714. The molecule has 0 amide bonds. The quantitative estimate of drug-likeness (QED) is 0.901. The van der Waals surface area contributed by atoms with Gasteiger partial charge in [-0.15, -0.1) is 0 Å². The monoisotopic (exact) mass is 279 g/mol. The molecule has 0 atom stereocenters. The number of phenols is 1. The topological polar surface area (TPSA) is 53.2 Å². The number of hydrogen-bond donors (Lipinski definition) is 1. The lowest BCUT2D eigenvalue weighted by Gasteiger charge is -2.10.